The van der Waals surface area contributed by atoms with Gasteiger partial charge in [0.1, 0.15) is 17.5 Å². The highest BCUT2D eigenvalue weighted by Crippen LogP contribution is 2.23. The van der Waals surface area contributed by atoms with Gasteiger partial charge in [-0.2, -0.15) is 0 Å². The van der Waals surface area contributed by atoms with E-state index in [-0.39, 0.29) is 28.9 Å². The third-order valence-electron chi connectivity index (χ3n) is 4.36. The second-order valence-corrected chi connectivity index (χ2v) is 8.15. The Bertz CT molecular complexity index is 1220. The molecule has 1 aromatic carbocycles. The number of aryl methyl sites for hydroxylation is 2. The van der Waals surface area contributed by atoms with Gasteiger partial charge in [-0.3, -0.25) is 0 Å². The first-order chi connectivity index (χ1) is 17.9. The van der Waals surface area contributed by atoms with E-state index < -0.39 is 48.4 Å². The second-order valence-electron chi connectivity index (χ2n) is 7.77. The van der Waals surface area contributed by atoms with E-state index in [1.54, 1.807) is 32.4 Å². The van der Waals surface area contributed by atoms with Crippen LogP contribution in [0.15, 0.2) is 18.2 Å². The van der Waals surface area contributed by atoms with Crippen molar-refractivity contribution in [3.05, 3.63) is 24.0 Å². The number of alkyl halides is 2. The van der Waals surface area contributed by atoms with Crippen molar-refractivity contribution in [2.75, 3.05) is 36.7 Å². The second kappa shape index (κ2) is 11.6. The molecule has 178 valence electrons. The molecular formula is C22H32Cl2N4O4. The molecule has 1 heterocycles. The highest BCUT2D eigenvalue weighted by atomic mass is 35.5. The molecule has 2 rings (SSSR count). The summed E-state index contributed by atoms with van der Waals surface area (Å²) in [5.74, 6) is -6.57. The molecule has 2 aromatic rings. The number of carbonyl (C=O) groups is 2. The summed E-state index contributed by atoms with van der Waals surface area (Å²) in [6, 6.07) is 2.92. The number of amides is 1. The van der Waals surface area contributed by atoms with Crippen molar-refractivity contribution in [1.82, 2.24) is 14.9 Å². The molecule has 1 aromatic heterocycles. The smallest absolute Gasteiger partial charge is 0.408 e. The zero-order chi connectivity index (χ0) is 31.1. The molecule has 0 aliphatic rings. The molecule has 0 aliphatic carbocycles. The third kappa shape index (κ3) is 7.17. The van der Waals surface area contributed by atoms with Crippen LogP contribution < -0.4 is 10.2 Å². The van der Waals surface area contributed by atoms with Gasteiger partial charge in [-0.05, 0) is 45.4 Å². The number of aromatic nitrogens is 2. The van der Waals surface area contributed by atoms with Gasteiger partial charge in [-0.25, -0.2) is 14.6 Å². The van der Waals surface area contributed by atoms with Crippen molar-refractivity contribution in [1.29, 1.82) is 0 Å². The van der Waals surface area contributed by atoms with Crippen LogP contribution in [0.25, 0.3) is 11.0 Å². The fourth-order valence-electron chi connectivity index (χ4n) is 2.96. The molecule has 0 bridgehead atoms. The van der Waals surface area contributed by atoms with Crippen LogP contribution in [0.5, 0.6) is 0 Å². The number of fused-ring (bicyclic) bond motifs is 1. The van der Waals surface area contributed by atoms with Gasteiger partial charge < -0.3 is 24.3 Å². The summed E-state index contributed by atoms with van der Waals surface area (Å²) in [5, 5.41) is 2.47. The van der Waals surface area contributed by atoms with Crippen LogP contribution in [0.3, 0.4) is 0 Å². The van der Waals surface area contributed by atoms with E-state index in [1.807, 2.05) is 0 Å². The Morgan fingerprint density at radius 1 is 1.28 bits per heavy atom. The molecule has 0 fully saturated rings. The number of anilines is 1. The summed E-state index contributed by atoms with van der Waals surface area (Å²) in [6.07, 6.45) is -0.568. The highest BCUT2D eigenvalue weighted by molar-refractivity contribution is 6.18. The number of nitrogens with zero attached hydrogens (tertiary/aromatic N) is 3. The lowest BCUT2D eigenvalue weighted by atomic mass is 10.1. The molecular weight excluding hydrogens is 455 g/mol. The number of imidazole rings is 1. The number of rotatable bonds is 10. The van der Waals surface area contributed by atoms with Crippen molar-refractivity contribution in [2.45, 2.75) is 45.3 Å². The van der Waals surface area contributed by atoms with E-state index in [9.17, 15) is 9.59 Å². The van der Waals surface area contributed by atoms with Crippen molar-refractivity contribution in [2.24, 2.45) is 7.05 Å². The van der Waals surface area contributed by atoms with E-state index in [0.29, 0.717) is 11.3 Å². The fraction of sp³-hybridized carbons (Fsp3) is 0.591. The molecule has 1 atom stereocenters. The first-order valence-corrected chi connectivity index (χ1v) is 10.4. The molecule has 32 heavy (non-hydrogen) atoms. The molecule has 0 saturated heterocycles. The number of nitrogens with one attached hydrogen (secondary N) is 1. The summed E-state index contributed by atoms with van der Waals surface area (Å²) in [7, 11) is 2.85. The standard InChI is InChI=1S/C22H32Cl2N4O4/c1-22(2,3)32-21(30)26-16(20(29)31-5)7-9-19-25-17-14-15(6-8-18(17)27(19)4)28(12-10-23)13-11-24/h6,8,14,16H,7,9-13H2,1-5H3,(H,26,30)/t16-/m0/s1/i10D2,11D2,12D2,13D2. The molecule has 10 heteroatoms. The number of benzene rings is 1. The summed E-state index contributed by atoms with van der Waals surface area (Å²) < 4.78 is 75.6. The average molecular weight is 495 g/mol. The quantitative estimate of drug-likeness (QED) is 0.398. The number of carbonyl (C=O) groups excluding carboxylic acids is 2. The Kier molecular flexibility index (Phi) is 5.96. The molecule has 1 N–H and O–H groups in total. The number of hydrogen-bond donors (Lipinski definition) is 1. The van der Waals surface area contributed by atoms with Gasteiger partial charge in [0.15, 0.2) is 0 Å². The van der Waals surface area contributed by atoms with Crippen molar-refractivity contribution in [3.63, 3.8) is 0 Å². The number of hydrogen-bond acceptors (Lipinski definition) is 6. The predicted molar refractivity (Wildman–Crippen MR) is 128 cm³/mol. The summed E-state index contributed by atoms with van der Waals surface area (Å²) >= 11 is 11.3. The van der Waals surface area contributed by atoms with Gasteiger partial charge >= 0.3 is 12.1 Å². The summed E-state index contributed by atoms with van der Waals surface area (Å²) in [6.45, 7) is -1.52. The zero-order valence-electron chi connectivity index (χ0n) is 26.5. The molecule has 8 nitrogen and oxygen atoms in total. The average Bonchev–Trinajstić information content (AvgIpc) is 3.07. The van der Waals surface area contributed by atoms with E-state index in [2.05, 4.69) is 10.3 Å². The Hall–Kier alpha value is -2.19. The number of methoxy groups -OCH3 is 1. The van der Waals surface area contributed by atoms with E-state index in [4.69, 9.17) is 43.6 Å². The van der Waals surface area contributed by atoms with Crippen molar-refractivity contribution < 1.29 is 30.0 Å². The van der Waals surface area contributed by atoms with Crippen LogP contribution in [0.2, 0.25) is 0 Å². The lowest BCUT2D eigenvalue weighted by Crippen LogP contribution is -2.44. The Balaban J connectivity index is 2.48. The molecule has 1 amide bonds. The Morgan fingerprint density at radius 2 is 1.94 bits per heavy atom. The maximum Gasteiger partial charge on any atom is 0.408 e. The minimum Gasteiger partial charge on any atom is -0.467 e. The lowest BCUT2D eigenvalue weighted by molar-refractivity contribution is -0.143. The Labute approximate surface area is 210 Å². The van der Waals surface area contributed by atoms with E-state index >= 15 is 0 Å². The minimum absolute atomic E-state index is 0.0755. The van der Waals surface area contributed by atoms with Crippen molar-refractivity contribution in [3.8, 4) is 0 Å². The number of halogens is 2. The van der Waals surface area contributed by atoms with E-state index in [0.717, 1.165) is 0 Å². The first-order valence-electron chi connectivity index (χ1n) is 13.6. The van der Waals surface area contributed by atoms with Crippen LogP contribution in [0.1, 0.15) is 44.0 Å². The monoisotopic (exact) mass is 494 g/mol. The first kappa shape index (κ1) is 16.4. The SMILES string of the molecule is [2H]C([2H])(Cl)C([2H])([2H])N(c1ccc2c(c1)nc(CC[C@H](NC(=O)OC(C)(C)C)C(=O)OC)n2C)C([2H])([2H])C([2H])([2H])Cl. The van der Waals surface area contributed by atoms with E-state index in [1.165, 1.54) is 25.3 Å². The largest absolute Gasteiger partial charge is 0.467 e. The molecule has 0 unspecified atom stereocenters. The van der Waals surface area contributed by atoms with Gasteiger partial charge in [-0.1, -0.05) is 0 Å². The molecule has 0 saturated carbocycles. The number of ether oxygens (including phenoxy) is 2. The fourth-order valence-corrected chi connectivity index (χ4v) is 3.13. The molecule has 0 spiro atoms. The van der Waals surface area contributed by atoms with Crippen LogP contribution in [0.4, 0.5) is 10.5 Å². The van der Waals surface area contributed by atoms with Crippen LogP contribution in [-0.4, -0.2) is 65.0 Å². The zero-order valence-corrected chi connectivity index (χ0v) is 20.0. The van der Waals surface area contributed by atoms with Gasteiger partial charge in [-0.15, -0.1) is 23.2 Å². The summed E-state index contributed by atoms with van der Waals surface area (Å²) in [4.78, 5) is 29.2. The summed E-state index contributed by atoms with van der Waals surface area (Å²) in [5.41, 5.74) is -0.324. The van der Waals surface area contributed by atoms with Gasteiger partial charge in [0.2, 0.25) is 0 Å². The number of alkyl carbamates (subject to hydrolysis) is 1. The maximum atomic E-state index is 12.3. The van der Waals surface area contributed by atoms with Crippen LogP contribution in [0, 0.1) is 0 Å². The third-order valence-corrected chi connectivity index (χ3v) is 4.53. The molecule has 0 aliphatic heterocycles. The normalized spacial score (nSPS) is 18.0. The topological polar surface area (TPSA) is 85.7 Å². The number of esters is 1. The minimum atomic E-state index is -3.27. The maximum absolute atomic E-state index is 12.3. The van der Waals surface area contributed by atoms with Gasteiger partial charge in [0.25, 0.3) is 0 Å². The lowest BCUT2D eigenvalue weighted by Gasteiger charge is -2.22. The predicted octanol–water partition coefficient (Wildman–Crippen LogP) is 3.86. The highest BCUT2D eigenvalue weighted by Gasteiger charge is 2.25. The van der Waals surface area contributed by atoms with Crippen molar-refractivity contribution >= 4 is 52.0 Å². The van der Waals surface area contributed by atoms with Gasteiger partial charge in [0, 0.05) is 49.3 Å². The molecule has 0 radical (unpaired) electrons. The Morgan fingerprint density at radius 3 is 2.50 bits per heavy atom. The van der Waals surface area contributed by atoms with Gasteiger partial charge in [0.05, 0.1) is 23.6 Å². The van der Waals surface area contributed by atoms with Crippen LogP contribution >= 0.6 is 23.2 Å². The van der Waals surface area contributed by atoms with Crippen LogP contribution in [-0.2, 0) is 27.7 Å².